The van der Waals surface area contributed by atoms with Crippen LogP contribution in [-0.2, 0) is 12.3 Å². The third-order valence-corrected chi connectivity index (χ3v) is 5.38. The van der Waals surface area contributed by atoms with Gasteiger partial charge in [-0.1, -0.05) is 35.5 Å². The lowest BCUT2D eigenvalue weighted by molar-refractivity contribution is 0.561. The highest BCUT2D eigenvalue weighted by atomic mass is 35.5. The molecule has 2 aromatic heterocycles. The van der Waals surface area contributed by atoms with Crippen LogP contribution in [-0.4, -0.2) is 19.2 Å². The first-order valence-electron chi connectivity index (χ1n) is 8.26. The number of nitrogens with zero attached hydrogens (tertiary/aromatic N) is 4. The summed E-state index contributed by atoms with van der Waals surface area (Å²) in [6.07, 6.45) is 3.00. The van der Waals surface area contributed by atoms with Gasteiger partial charge in [0.15, 0.2) is 5.65 Å². The molecule has 0 bridgehead atoms. The van der Waals surface area contributed by atoms with Gasteiger partial charge in [-0.15, -0.1) is 5.10 Å². The lowest BCUT2D eigenvalue weighted by Gasteiger charge is -2.03. The quantitative estimate of drug-likeness (QED) is 0.457. The van der Waals surface area contributed by atoms with E-state index >= 15 is 0 Å². The molecule has 0 aliphatic heterocycles. The fourth-order valence-corrected chi connectivity index (χ4v) is 3.71. The molecule has 28 heavy (non-hydrogen) atoms. The Balaban J connectivity index is 1.64. The predicted molar refractivity (Wildman–Crippen MR) is 104 cm³/mol. The summed E-state index contributed by atoms with van der Waals surface area (Å²) in [7, 11) is 0. The summed E-state index contributed by atoms with van der Waals surface area (Å²) in [4.78, 5) is 16.9. The summed E-state index contributed by atoms with van der Waals surface area (Å²) in [5.74, 6) is -0.557. The van der Waals surface area contributed by atoms with Gasteiger partial charge in [0, 0.05) is 28.7 Å². The zero-order valence-electron chi connectivity index (χ0n) is 14.3. The van der Waals surface area contributed by atoms with Crippen LogP contribution in [0.15, 0.2) is 64.7 Å². The molecule has 0 radical (unpaired) electrons. The molecule has 0 aliphatic carbocycles. The molecule has 4 aromatic rings. The average molecular weight is 419 g/mol. The van der Waals surface area contributed by atoms with Gasteiger partial charge < -0.3 is 0 Å². The third-order valence-electron chi connectivity index (χ3n) is 4.09. The molecule has 9 heteroatoms. The second-order valence-electron chi connectivity index (χ2n) is 6.02. The molecule has 0 spiro atoms. The summed E-state index contributed by atoms with van der Waals surface area (Å²) in [5.41, 5.74) is 1.01. The van der Waals surface area contributed by atoms with Crippen LogP contribution in [0.2, 0.25) is 5.02 Å². The van der Waals surface area contributed by atoms with Crippen molar-refractivity contribution in [2.45, 2.75) is 17.3 Å². The van der Waals surface area contributed by atoms with Gasteiger partial charge in [0.1, 0.15) is 16.7 Å². The number of thioether (sulfide) groups is 1. The molecule has 2 aromatic carbocycles. The van der Waals surface area contributed by atoms with Crippen LogP contribution in [0, 0.1) is 11.6 Å². The Morgan fingerprint density at radius 1 is 1.11 bits per heavy atom. The maximum Gasteiger partial charge on any atom is 0.350 e. The summed E-state index contributed by atoms with van der Waals surface area (Å²) in [6.45, 7) is -0.175. The highest BCUT2D eigenvalue weighted by Gasteiger charge is 2.14. The molecule has 0 amide bonds. The second kappa shape index (κ2) is 7.73. The first kappa shape index (κ1) is 18.6. The van der Waals surface area contributed by atoms with Crippen molar-refractivity contribution in [2.75, 3.05) is 0 Å². The normalized spacial score (nSPS) is 11.2. The molecule has 0 unspecified atom stereocenters. The van der Waals surface area contributed by atoms with E-state index < -0.39 is 17.3 Å². The molecule has 0 saturated heterocycles. The van der Waals surface area contributed by atoms with Gasteiger partial charge in [-0.3, -0.25) is 0 Å². The molecule has 0 saturated carbocycles. The number of rotatable bonds is 5. The first-order valence-corrected chi connectivity index (χ1v) is 9.63. The Morgan fingerprint density at radius 2 is 1.89 bits per heavy atom. The van der Waals surface area contributed by atoms with Gasteiger partial charge in [0.05, 0.1) is 6.54 Å². The molecular weight excluding hydrogens is 406 g/mol. The first-order chi connectivity index (χ1) is 13.5. The molecule has 142 valence electrons. The van der Waals surface area contributed by atoms with Crippen molar-refractivity contribution in [1.82, 2.24) is 19.2 Å². The minimum absolute atomic E-state index is 0.0498. The summed E-state index contributed by atoms with van der Waals surface area (Å²) in [5, 5.41) is 5.50. The van der Waals surface area contributed by atoms with Crippen LogP contribution < -0.4 is 5.69 Å². The van der Waals surface area contributed by atoms with Crippen molar-refractivity contribution in [3.8, 4) is 0 Å². The number of benzene rings is 2. The van der Waals surface area contributed by atoms with Crippen LogP contribution in [0.3, 0.4) is 0 Å². The van der Waals surface area contributed by atoms with Crippen molar-refractivity contribution < 1.29 is 8.78 Å². The maximum atomic E-state index is 13.9. The van der Waals surface area contributed by atoms with Gasteiger partial charge in [-0.2, -0.15) is 0 Å². The van der Waals surface area contributed by atoms with E-state index in [4.69, 9.17) is 11.6 Å². The van der Waals surface area contributed by atoms with Crippen LogP contribution in [0.5, 0.6) is 0 Å². The summed E-state index contributed by atoms with van der Waals surface area (Å²) < 4.78 is 29.8. The maximum absolute atomic E-state index is 13.9. The van der Waals surface area contributed by atoms with Crippen LogP contribution >= 0.6 is 23.4 Å². The Hall–Kier alpha value is -2.71. The Kier molecular flexibility index (Phi) is 5.15. The highest BCUT2D eigenvalue weighted by molar-refractivity contribution is 7.98. The van der Waals surface area contributed by atoms with Crippen LogP contribution in [0.4, 0.5) is 8.78 Å². The zero-order valence-corrected chi connectivity index (χ0v) is 15.9. The summed E-state index contributed by atoms with van der Waals surface area (Å²) in [6, 6.07) is 10.5. The number of halogens is 3. The van der Waals surface area contributed by atoms with Gasteiger partial charge in [0.25, 0.3) is 0 Å². The fraction of sp³-hybridized carbons (Fsp3) is 0.105. The second-order valence-corrected chi connectivity index (χ2v) is 7.42. The van der Waals surface area contributed by atoms with E-state index in [0.29, 0.717) is 21.4 Å². The molecule has 0 fully saturated rings. The number of aromatic nitrogens is 4. The third kappa shape index (κ3) is 3.79. The van der Waals surface area contributed by atoms with E-state index in [-0.39, 0.29) is 12.1 Å². The molecule has 5 nitrogen and oxygen atoms in total. The van der Waals surface area contributed by atoms with Crippen molar-refractivity contribution in [3.05, 3.63) is 93.1 Å². The van der Waals surface area contributed by atoms with Crippen molar-refractivity contribution in [1.29, 1.82) is 0 Å². The standard InChI is InChI=1S/C19H13ClF2N4OS/c20-14-3-1-12(2-4-14)11-28-18-17-24-26(19(27)25(17)8-7-23-18)10-13-9-15(21)5-6-16(13)22/h1-9H,10-11H2. The lowest BCUT2D eigenvalue weighted by atomic mass is 10.2. The van der Waals surface area contributed by atoms with Gasteiger partial charge in [-0.05, 0) is 35.9 Å². The monoisotopic (exact) mass is 418 g/mol. The van der Waals surface area contributed by atoms with Crippen molar-refractivity contribution in [2.24, 2.45) is 0 Å². The number of hydrogen-bond acceptors (Lipinski definition) is 4. The topological polar surface area (TPSA) is 52.2 Å². The molecule has 2 heterocycles. The average Bonchev–Trinajstić information content (AvgIpc) is 3.01. The molecule has 0 aliphatic rings. The Bertz CT molecular complexity index is 1210. The minimum atomic E-state index is -0.596. The lowest BCUT2D eigenvalue weighted by Crippen LogP contribution is -2.22. The van der Waals surface area contributed by atoms with Gasteiger partial charge in [-0.25, -0.2) is 27.6 Å². The molecule has 0 atom stereocenters. The number of hydrogen-bond donors (Lipinski definition) is 0. The van der Waals surface area contributed by atoms with Crippen molar-refractivity contribution in [3.63, 3.8) is 0 Å². The molecular formula is C19H13ClF2N4OS. The molecule has 4 rings (SSSR count). The smallest absolute Gasteiger partial charge is 0.246 e. The Labute approximate surface area is 167 Å². The number of fused-ring (bicyclic) bond motifs is 1. The Morgan fingerprint density at radius 3 is 2.68 bits per heavy atom. The zero-order chi connectivity index (χ0) is 19.7. The fourth-order valence-electron chi connectivity index (χ4n) is 2.69. The molecule has 0 N–H and O–H groups in total. The largest absolute Gasteiger partial charge is 0.350 e. The predicted octanol–water partition coefficient (Wildman–Crippen LogP) is 4.16. The van der Waals surface area contributed by atoms with Crippen molar-refractivity contribution >= 4 is 29.0 Å². The van der Waals surface area contributed by atoms with E-state index in [2.05, 4.69) is 10.1 Å². The van der Waals surface area contributed by atoms with Gasteiger partial charge in [0.2, 0.25) is 0 Å². The van der Waals surface area contributed by atoms with E-state index in [1.165, 1.54) is 28.6 Å². The highest BCUT2D eigenvalue weighted by Crippen LogP contribution is 2.24. The van der Waals surface area contributed by atoms with Crippen LogP contribution in [0.25, 0.3) is 5.65 Å². The van der Waals surface area contributed by atoms with Crippen LogP contribution in [0.1, 0.15) is 11.1 Å². The van der Waals surface area contributed by atoms with E-state index in [9.17, 15) is 13.6 Å². The van der Waals surface area contributed by atoms with E-state index in [1.807, 2.05) is 12.1 Å². The minimum Gasteiger partial charge on any atom is -0.246 e. The summed E-state index contributed by atoms with van der Waals surface area (Å²) >= 11 is 7.31. The van der Waals surface area contributed by atoms with Gasteiger partial charge >= 0.3 is 5.69 Å². The van der Waals surface area contributed by atoms with E-state index in [0.717, 1.165) is 28.4 Å². The van der Waals surface area contributed by atoms with E-state index in [1.54, 1.807) is 12.1 Å². The SMILES string of the molecule is O=c1n(Cc2cc(F)ccc2F)nc2c(SCc3ccc(Cl)cc3)nccn12.